The Morgan fingerprint density at radius 1 is 1.00 bits per heavy atom. The summed E-state index contributed by atoms with van der Waals surface area (Å²) in [6.07, 6.45) is 12.7. The highest BCUT2D eigenvalue weighted by atomic mass is 16.3. The molecular weight excluding hydrogens is 376 g/mol. The summed E-state index contributed by atoms with van der Waals surface area (Å²) in [7, 11) is 0. The van der Waals surface area contributed by atoms with E-state index in [-0.39, 0.29) is 6.10 Å². The van der Waals surface area contributed by atoms with Gasteiger partial charge in [-0.25, -0.2) is 0 Å². The summed E-state index contributed by atoms with van der Waals surface area (Å²) in [5.74, 6) is 3.40. The van der Waals surface area contributed by atoms with Gasteiger partial charge in [-0.15, -0.1) is 0 Å². The molecule has 0 saturated heterocycles. The van der Waals surface area contributed by atoms with Gasteiger partial charge < -0.3 is 5.11 Å². The van der Waals surface area contributed by atoms with E-state index < -0.39 is 0 Å². The van der Waals surface area contributed by atoms with Crippen LogP contribution >= 0.6 is 0 Å². The highest BCUT2D eigenvalue weighted by molar-refractivity contribution is 5.38. The Balaban J connectivity index is 1.60. The van der Waals surface area contributed by atoms with Crippen LogP contribution in [0.15, 0.2) is 23.3 Å². The Hall–Kier alpha value is -0.560. The van der Waals surface area contributed by atoms with E-state index in [2.05, 4.69) is 55.0 Å². The molecule has 0 aromatic carbocycles. The van der Waals surface area contributed by atoms with Gasteiger partial charge in [0.1, 0.15) is 0 Å². The van der Waals surface area contributed by atoms with Crippen molar-refractivity contribution in [2.75, 3.05) is 0 Å². The van der Waals surface area contributed by atoms with Crippen molar-refractivity contribution in [2.24, 2.45) is 45.8 Å². The Kier molecular flexibility index (Phi) is 6.11. The fraction of sp³-hybridized carbons (Fsp3) is 0.867. The smallest absolute Gasteiger partial charge is 0.0569 e. The van der Waals surface area contributed by atoms with Gasteiger partial charge in [0.25, 0.3) is 0 Å². The summed E-state index contributed by atoms with van der Waals surface area (Å²) < 4.78 is 0. The van der Waals surface area contributed by atoms with Gasteiger partial charge in [-0.05, 0) is 110 Å². The normalized spacial score (nSPS) is 45.8. The molecule has 2 saturated carbocycles. The molecule has 1 N–H and O–H groups in total. The van der Waals surface area contributed by atoms with E-state index in [1.54, 1.807) is 0 Å². The standard InChI is InChI=1S/C30H50O/c1-19(2)20(3)9-10-21(4)23-13-17-30(8)26-12-11-24-22(5)27(31)15-16-28(24,6)25(26)14-18-29(23,30)7/h19,21-24,27,31H,3,9-18H2,1-2,4-8H3/t21-,22?,23-,24?,27?,28+,29-,30+/m1/s1. The van der Waals surface area contributed by atoms with Crippen LogP contribution in [0.2, 0.25) is 0 Å². The Morgan fingerprint density at radius 3 is 2.39 bits per heavy atom. The van der Waals surface area contributed by atoms with Crippen molar-refractivity contribution in [1.82, 2.24) is 0 Å². The summed E-state index contributed by atoms with van der Waals surface area (Å²) in [6.45, 7) is 21.7. The summed E-state index contributed by atoms with van der Waals surface area (Å²) >= 11 is 0. The zero-order valence-corrected chi connectivity index (χ0v) is 21.7. The molecule has 31 heavy (non-hydrogen) atoms. The van der Waals surface area contributed by atoms with Gasteiger partial charge in [-0.1, -0.05) is 71.8 Å². The molecule has 0 spiro atoms. The summed E-state index contributed by atoms with van der Waals surface area (Å²) in [6, 6.07) is 0. The predicted octanol–water partition coefficient (Wildman–Crippen LogP) is 8.34. The molecule has 176 valence electrons. The van der Waals surface area contributed by atoms with Crippen LogP contribution in [0, 0.1) is 45.8 Å². The van der Waals surface area contributed by atoms with Crippen molar-refractivity contribution in [1.29, 1.82) is 0 Å². The molecule has 8 atom stereocenters. The van der Waals surface area contributed by atoms with Crippen molar-refractivity contribution in [3.8, 4) is 0 Å². The van der Waals surface area contributed by atoms with Gasteiger partial charge in [0.05, 0.1) is 6.10 Å². The maximum Gasteiger partial charge on any atom is 0.0569 e. The zero-order valence-electron chi connectivity index (χ0n) is 21.7. The number of aliphatic hydroxyl groups is 1. The molecule has 2 fully saturated rings. The first-order valence-electron chi connectivity index (χ1n) is 13.5. The lowest BCUT2D eigenvalue weighted by atomic mass is 9.45. The number of allylic oxidation sites excluding steroid dienone is 3. The van der Waals surface area contributed by atoms with E-state index in [0.717, 1.165) is 18.3 Å². The second kappa shape index (κ2) is 8.03. The summed E-state index contributed by atoms with van der Waals surface area (Å²) in [4.78, 5) is 0. The van der Waals surface area contributed by atoms with Crippen molar-refractivity contribution in [3.63, 3.8) is 0 Å². The fourth-order valence-corrected chi connectivity index (χ4v) is 9.16. The number of rotatable bonds is 5. The van der Waals surface area contributed by atoms with Gasteiger partial charge in [0.15, 0.2) is 0 Å². The quantitative estimate of drug-likeness (QED) is 0.438. The van der Waals surface area contributed by atoms with Gasteiger partial charge in [0.2, 0.25) is 0 Å². The van der Waals surface area contributed by atoms with Gasteiger partial charge >= 0.3 is 0 Å². The van der Waals surface area contributed by atoms with Crippen LogP contribution in [0.1, 0.15) is 113 Å². The molecule has 0 aliphatic heterocycles. The van der Waals surface area contributed by atoms with Crippen molar-refractivity contribution in [3.05, 3.63) is 23.3 Å². The average Bonchev–Trinajstić information content (AvgIpc) is 3.00. The van der Waals surface area contributed by atoms with Crippen LogP contribution in [-0.4, -0.2) is 11.2 Å². The Bertz CT molecular complexity index is 746. The van der Waals surface area contributed by atoms with Gasteiger partial charge in [-0.2, -0.15) is 0 Å². The third-order valence-corrected chi connectivity index (χ3v) is 11.8. The van der Waals surface area contributed by atoms with Crippen molar-refractivity contribution < 1.29 is 5.11 Å². The minimum absolute atomic E-state index is 0.0815. The van der Waals surface area contributed by atoms with E-state index in [4.69, 9.17) is 0 Å². The molecule has 0 heterocycles. The SMILES string of the molecule is C=C(CC[C@@H](C)[C@H]1CC[C@@]2(C)C3=C(CC[C@]12C)[C@@]1(C)CCC(O)C(C)C1CC3)C(C)C. The number of aliphatic hydroxyl groups excluding tert-OH is 1. The minimum atomic E-state index is -0.0815. The van der Waals surface area contributed by atoms with E-state index in [0.29, 0.717) is 34.0 Å². The van der Waals surface area contributed by atoms with E-state index in [9.17, 15) is 5.11 Å². The van der Waals surface area contributed by atoms with E-state index >= 15 is 0 Å². The molecule has 0 aromatic rings. The van der Waals surface area contributed by atoms with Crippen LogP contribution < -0.4 is 0 Å². The van der Waals surface area contributed by atoms with Crippen molar-refractivity contribution >= 4 is 0 Å². The lowest BCUT2D eigenvalue weighted by molar-refractivity contribution is -0.0413. The molecule has 4 aliphatic carbocycles. The topological polar surface area (TPSA) is 20.2 Å². The largest absolute Gasteiger partial charge is 0.393 e. The number of hydrogen-bond acceptors (Lipinski definition) is 1. The molecule has 4 rings (SSSR count). The van der Waals surface area contributed by atoms with E-state index in [1.165, 1.54) is 63.4 Å². The second-order valence-electron chi connectivity index (χ2n) is 13.2. The average molecular weight is 427 g/mol. The van der Waals surface area contributed by atoms with Crippen LogP contribution in [-0.2, 0) is 0 Å². The zero-order chi connectivity index (χ0) is 22.8. The monoisotopic (exact) mass is 426 g/mol. The van der Waals surface area contributed by atoms with E-state index in [1.807, 2.05) is 11.1 Å². The maximum atomic E-state index is 10.6. The number of hydrogen-bond donors (Lipinski definition) is 1. The Morgan fingerprint density at radius 2 is 1.71 bits per heavy atom. The molecule has 0 aromatic heterocycles. The highest BCUT2D eigenvalue weighted by Gasteiger charge is 2.62. The van der Waals surface area contributed by atoms with Crippen LogP contribution in [0.3, 0.4) is 0 Å². The minimum Gasteiger partial charge on any atom is -0.393 e. The molecule has 0 radical (unpaired) electrons. The first kappa shape index (κ1) is 23.6. The molecule has 0 bridgehead atoms. The van der Waals surface area contributed by atoms with Gasteiger partial charge in [0, 0.05) is 0 Å². The molecule has 0 amide bonds. The Labute approximate surface area is 193 Å². The molecule has 1 nitrogen and oxygen atoms in total. The summed E-state index contributed by atoms with van der Waals surface area (Å²) in [5.41, 5.74) is 6.35. The maximum absolute atomic E-state index is 10.6. The predicted molar refractivity (Wildman–Crippen MR) is 133 cm³/mol. The third kappa shape index (κ3) is 3.43. The third-order valence-electron chi connectivity index (χ3n) is 11.8. The highest BCUT2D eigenvalue weighted by Crippen LogP contribution is 2.71. The molecular formula is C30H50O. The summed E-state index contributed by atoms with van der Waals surface area (Å²) in [5, 5.41) is 10.6. The van der Waals surface area contributed by atoms with Crippen LogP contribution in [0.4, 0.5) is 0 Å². The van der Waals surface area contributed by atoms with Gasteiger partial charge in [-0.3, -0.25) is 0 Å². The van der Waals surface area contributed by atoms with Crippen LogP contribution in [0.5, 0.6) is 0 Å². The van der Waals surface area contributed by atoms with Crippen LogP contribution in [0.25, 0.3) is 0 Å². The molecule has 4 aliphatic rings. The lowest BCUT2D eigenvalue weighted by Gasteiger charge is -2.60. The first-order chi connectivity index (χ1) is 14.5. The van der Waals surface area contributed by atoms with Crippen molar-refractivity contribution in [2.45, 2.75) is 119 Å². The first-order valence-corrected chi connectivity index (χ1v) is 13.5. The second-order valence-corrected chi connectivity index (χ2v) is 13.2. The number of fused-ring (bicyclic) bond motifs is 4. The lowest BCUT2D eigenvalue weighted by Crippen LogP contribution is -2.51. The molecule has 1 heteroatoms. The molecule has 3 unspecified atom stereocenters. The fourth-order valence-electron chi connectivity index (χ4n) is 9.16.